The van der Waals surface area contributed by atoms with Crippen LogP contribution >= 0.6 is 0 Å². The summed E-state index contributed by atoms with van der Waals surface area (Å²) in [7, 11) is -3.84. The summed E-state index contributed by atoms with van der Waals surface area (Å²) in [6, 6.07) is 3.85. The van der Waals surface area contributed by atoms with Gasteiger partial charge in [0, 0.05) is 18.8 Å². The lowest BCUT2D eigenvalue weighted by Crippen LogP contribution is -2.42. The average Bonchev–Trinajstić information content (AvgIpc) is 2.41. The van der Waals surface area contributed by atoms with E-state index in [1.165, 1.54) is 22.5 Å². The standard InChI is InChI=1S/C14H20N2O4S/c1-9-5-6-16(8-10(9)2)21(19,20)13-7-11(15)3-4-12(13)14(17)18/h3-4,7,9-10H,5-6,8,15H2,1-2H3,(H,17,18). The van der Waals surface area contributed by atoms with Crippen LogP contribution in [0.4, 0.5) is 5.69 Å². The number of anilines is 1. The lowest BCUT2D eigenvalue weighted by molar-refractivity contribution is 0.0692. The molecule has 1 aromatic carbocycles. The molecule has 1 heterocycles. The highest BCUT2D eigenvalue weighted by Gasteiger charge is 2.34. The Morgan fingerprint density at radius 2 is 2.00 bits per heavy atom. The zero-order valence-electron chi connectivity index (χ0n) is 12.1. The van der Waals surface area contributed by atoms with E-state index in [1.807, 2.05) is 6.92 Å². The van der Waals surface area contributed by atoms with Crippen molar-refractivity contribution >= 4 is 21.7 Å². The van der Waals surface area contributed by atoms with E-state index in [-0.39, 0.29) is 22.1 Å². The summed E-state index contributed by atoms with van der Waals surface area (Å²) in [5.41, 5.74) is 5.62. The third-order valence-electron chi connectivity index (χ3n) is 4.15. The SMILES string of the molecule is CC1CCN(S(=O)(=O)c2cc(N)ccc2C(=O)O)CC1C. The minimum Gasteiger partial charge on any atom is -0.478 e. The van der Waals surface area contributed by atoms with Crippen LogP contribution in [0.2, 0.25) is 0 Å². The second-order valence-electron chi connectivity index (χ2n) is 5.67. The smallest absolute Gasteiger partial charge is 0.337 e. The number of nitrogens with two attached hydrogens (primary N) is 1. The molecule has 3 N–H and O–H groups in total. The summed E-state index contributed by atoms with van der Waals surface area (Å²) in [4.78, 5) is 11.0. The van der Waals surface area contributed by atoms with Crippen molar-refractivity contribution in [3.63, 3.8) is 0 Å². The predicted molar refractivity (Wildman–Crippen MR) is 79.5 cm³/mol. The highest BCUT2D eigenvalue weighted by Crippen LogP contribution is 2.29. The molecule has 1 aliphatic rings. The maximum absolute atomic E-state index is 12.7. The molecule has 1 aromatic rings. The first kappa shape index (κ1) is 15.8. The lowest BCUT2D eigenvalue weighted by Gasteiger charge is -2.34. The van der Waals surface area contributed by atoms with Gasteiger partial charge in [0.05, 0.1) is 10.5 Å². The van der Waals surface area contributed by atoms with E-state index in [1.54, 1.807) is 0 Å². The molecule has 1 fully saturated rings. The number of carboxylic acids is 1. The van der Waals surface area contributed by atoms with E-state index >= 15 is 0 Å². The molecule has 6 nitrogen and oxygen atoms in total. The number of sulfonamides is 1. The number of hydrogen-bond donors (Lipinski definition) is 2. The van der Waals surface area contributed by atoms with Crippen molar-refractivity contribution in [2.24, 2.45) is 11.8 Å². The number of nitrogen functional groups attached to an aromatic ring is 1. The van der Waals surface area contributed by atoms with E-state index in [2.05, 4.69) is 6.92 Å². The van der Waals surface area contributed by atoms with Crippen LogP contribution in [-0.4, -0.2) is 36.9 Å². The van der Waals surface area contributed by atoms with Crippen molar-refractivity contribution in [3.8, 4) is 0 Å². The highest BCUT2D eigenvalue weighted by molar-refractivity contribution is 7.89. The van der Waals surface area contributed by atoms with Crippen molar-refractivity contribution in [3.05, 3.63) is 23.8 Å². The van der Waals surface area contributed by atoms with E-state index in [4.69, 9.17) is 5.73 Å². The first-order chi connectivity index (χ1) is 9.73. The van der Waals surface area contributed by atoms with Gasteiger partial charge < -0.3 is 10.8 Å². The number of benzene rings is 1. The van der Waals surface area contributed by atoms with E-state index in [0.717, 1.165) is 6.42 Å². The molecule has 116 valence electrons. The van der Waals surface area contributed by atoms with Gasteiger partial charge in [-0.15, -0.1) is 0 Å². The molecular formula is C14H20N2O4S. The lowest BCUT2D eigenvalue weighted by atomic mass is 9.90. The van der Waals surface area contributed by atoms with Crippen LogP contribution in [0.25, 0.3) is 0 Å². The Balaban J connectivity index is 2.45. The molecule has 0 spiro atoms. The zero-order valence-corrected chi connectivity index (χ0v) is 12.9. The largest absolute Gasteiger partial charge is 0.478 e. The van der Waals surface area contributed by atoms with Gasteiger partial charge in [-0.05, 0) is 36.5 Å². The third-order valence-corrected chi connectivity index (χ3v) is 6.06. The third kappa shape index (κ3) is 3.03. The Hall–Kier alpha value is -1.60. The maximum atomic E-state index is 12.7. The molecule has 7 heteroatoms. The Morgan fingerprint density at radius 3 is 2.57 bits per heavy atom. The van der Waals surface area contributed by atoms with Crippen LogP contribution in [0.15, 0.2) is 23.1 Å². The first-order valence-electron chi connectivity index (χ1n) is 6.86. The van der Waals surface area contributed by atoms with Crippen LogP contribution in [0.3, 0.4) is 0 Å². The summed E-state index contributed by atoms with van der Waals surface area (Å²) in [6.07, 6.45) is 0.769. The molecule has 0 bridgehead atoms. The molecule has 0 saturated carbocycles. The predicted octanol–water partition coefficient (Wildman–Crippen LogP) is 1.63. The van der Waals surface area contributed by atoms with Gasteiger partial charge in [-0.2, -0.15) is 4.31 Å². The molecule has 1 saturated heterocycles. The van der Waals surface area contributed by atoms with Gasteiger partial charge in [0.2, 0.25) is 10.0 Å². The fourth-order valence-electron chi connectivity index (χ4n) is 2.51. The summed E-state index contributed by atoms with van der Waals surface area (Å²) < 4.78 is 26.8. The molecule has 2 rings (SSSR count). The number of aromatic carboxylic acids is 1. The number of rotatable bonds is 3. The zero-order chi connectivity index (χ0) is 15.8. The van der Waals surface area contributed by atoms with Gasteiger partial charge in [0.1, 0.15) is 0 Å². The Morgan fingerprint density at radius 1 is 1.33 bits per heavy atom. The molecule has 2 unspecified atom stereocenters. The second-order valence-corrected chi connectivity index (χ2v) is 7.57. The average molecular weight is 312 g/mol. The molecule has 1 aliphatic heterocycles. The Kier molecular flexibility index (Phi) is 4.25. The summed E-state index contributed by atoms with van der Waals surface area (Å²) in [5, 5.41) is 9.19. The van der Waals surface area contributed by atoms with Crippen molar-refractivity contribution in [2.75, 3.05) is 18.8 Å². The minimum atomic E-state index is -3.84. The second kappa shape index (κ2) is 5.65. The number of piperidine rings is 1. The first-order valence-corrected chi connectivity index (χ1v) is 8.30. The van der Waals surface area contributed by atoms with Crippen LogP contribution in [0, 0.1) is 11.8 Å². The van der Waals surface area contributed by atoms with Gasteiger partial charge in [-0.25, -0.2) is 13.2 Å². The fraction of sp³-hybridized carbons (Fsp3) is 0.500. The van der Waals surface area contributed by atoms with Crippen LogP contribution in [0.5, 0.6) is 0 Å². The van der Waals surface area contributed by atoms with Gasteiger partial charge in [0.15, 0.2) is 0 Å². The number of carbonyl (C=O) groups is 1. The monoisotopic (exact) mass is 312 g/mol. The maximum Gasteiger partial charge on any atom is 0.337 e. The number of hydrogen-bond acceptors (Lipinski definition) is 4. The van der Waals surface area contributed by atoms with Gasteiger partial charge in [-0.3, -0.25) is 0 Å². The van der Waals surface area contributed by atoms with Gasteiger partial charge in [-0.1, -0.05) is 13.8 Å². The van der Waals surface area contributed by atoms with Crippen LogP contribution < -0.4 is 5.73 Å². The summed E-state index contributed by atoms with van der Waals surface area (Å²) in [6.45, 7) is 4.90. The van der Waals surface area contributed by atoms with Crippen molar-refractivity contribution < 1.29 is 18.3 Å². The number of nitrogens with zero attached hydrogens (tertiary/aromatic N) is 1. The molecule has 0 amide bonds. The Labute approximate surface area is 124 Å². The van der Waals surface area contributed by atoms with E-state index in [0.29, 0.717) is 19.0 Å². The topological polar surface area (TPSA) is 101 Å². The van der Waals surface area contributed by atoms with Crippen LogP contribution in [0.1, 0.15) is 30.6 Å². The van der Waals surface area contributed by atoms with Gasteiger partial charge >= 0.3 is 5.97 Å². The van der Waals surface area contributed by atoms with Crippen molar-refractivity contribution in [1.82, 2.24) is 4.31 Å². The quantitative estimate of drug-likeness (QED) is 0.826. The minimum absolute atomic E-state index is 0.225. The van der Waals surface area contributed by atoms with Crippen molar-refractivity contribution in [2.45, 2.75) is 25.2 Å². The highest BCUT2D eigenvalue weighted by atomic mass is 32.2. The summed E-state index contributed by atoms with van der Waals surface area (Å²) >= 11 is 0. The van der Waals surface area contributed by atoms with E-state index < -0.39 is 16.0 Å². The summed E-state index contributed by atoms with van der Waals surface area (Å²) in [5.74, 6) is -0.578. The molecule has 21 heavy (non-hydrogen) atoms. The fourth-order valence-corrected chi connectivity index (χ4v) is 4.28. The molecule has 0 radical (unpaired) electrons. The number of carboxylic acid groups (broad SMARTS) is 1. The molecular weight excluding hydrogens is 292 g/mol. The van der Waals surface area contributed by atoms with Crippen LogP contribution in [-0.2, 0) is 10.0 Å². The molecule has 0 aliphatic carbocycles. The van der Waals surface area contributed by atoms with Crippen molar-refractivity contribution in [1.29, 1.82) is 0 Å². The van der Waals surface area contributed by atoms with E-state index in [9.17, 15) is 18.3 Å². The van der Waals surface area contributed by atoms with Gasteiger partial charge in [0.25, 0.3) is 0 Å². The molecule has 2 atom stereocenters. The normalized spacial score (nSPS) is 23.9. The molecule has 0 aromatic heterocycles. The Bertz CT molecular complexity index is 657.